The molecule has 0 amide bonds. The summed E-state index contributed by atoms with van der Waals surface area (Å²) in [5.74, 6) is 0. The summed E-state index contributed by atoms with van der Waals surface area (Å²) in [7, 11) is 0. The molecular weight excluding hydrogens is 212 g/mol. The lowest BCUT2D eigenvalue weighted by molar-refractivity contribution is 0.131. The van der Waals surface area contributed by atoms with Crippen LogP contribution < -0.4 is 5.43 Å². The number of nitrogens with zero attached hydrogens (tertiary/aromatic N) is 1. The fourth-order valence-electron chi connectivity index (χ4n) is 1.33. The van der Waals surface area contributed by atoms with Crippen LogP contribution in [0.4, 0.5) is 0 Å². The topological polar surface area (TPSA) is 44.6 Å². The Morgan fingerprint density at radius 1 is 1.12 bits per heavy atom. The predicted molar refractivity (Wildman–Crippen MR) is 72.0 cm³/mol. The normalized spacial score (nSPS) is 16.5. The molecule has 3 heteroatoms. The molecule has 0 fully saturated rings. The highest BCUT2D eigenvalue weighted by Crippen LogP contribution is 2.21. The Morgan fingerprint density at radius 2 is 1.65 bits per heavy atom. The van der Waals surface area contributed by atoms with Gasteiger partial charge < -0.3 is 10.5 Å². The zero-order valence-corrected chi connectivity index (χ0v) is 11.3. The highest BCUT2D eigenvalue weighted by atomic mass is 16.3. The second-order valence-corrected chi connectivity index (χ2v) is 5.50. The molecule has 1 aromatic carbocycles. The van der Waals surface area contributed by atoms with Crippen molar-refractivity contribution in [2.75, 3.05) is 0 Å². The van der Waals surface area contributed by atoms with Gasteiger partial charge in [0.05, 0.1) is 5.71 Å². The third-order valence-corrected chi connectivity index (χ3v) is 2.60. The summed E-state index contributed by atoms with van der Waals surface area (Å²) in [6.07, 6.45) is 0. The van der Waals surface area contributed by atoms with E-state index < -0.39 is 5.60 Å². The standard InChI is InChI=1S/C14H22N2O/c1-11(15-16-13(2,3)4)14(5,17)12-9-7-6-8-10-12/h6-10,16-17H,1-5H3/b15-11-. The molecule has 1 aromatic rings. The summed E-state index contributed by atoms with van der Waals surface area (Å²) in [4.78, 5) is 0. The molecule has 0 bridgehead atoms. The Hall–Kier alpha value is -1.35. The number of hydrogen-bond donors (Lipinski definition) is 2. The van der Waals surface area contributed by atoms with E-state index in [1.165, 1.54) is 0 Å². The summed E-state index contributed by atoms with van der Waals surface area (Å²) in [5.41, 5.74) is 3.38. The molecule has 17 heavy (non-hydrogen) atoms. The minimum absolute atomic E-state index is 0.103. The summed E-state index contributed by atoms with van der Waals surface area (Å²) < 4.78 is 0. The van der Waals surface area contributed by atoms with E-state index in [0.29, 0.717) is 5.71 Å². The molecule has 0 saturated heterocycles. The monoisotopic (exact) mass is 234 g/mol. The lowest BCUT2D eigenvalue weighted by atomic mass is 9.92. The molecule has 0 aliphatic heterocycles. The lowest BCUT2D eigenvalue weighted by Gasteiger charge is -2.26. The lowest BCUT2D eigenvalue weighted by Crippen LogP contribution is -2.37. The molecule has 1 atom stereocenters. The molecular formula is C14H22N2O. The van der Waals surface area contributed by atoms with E-state index in [0.717, 1.165) is 5.56 Å². The molecule has 1 unspecified atom stereocenters. The van der Waals surface area contributed by atoms with Crippen molar-refractivity contribution in [2.45, 2.75) is 45.8 Å². The van der Waals surface area contributed by atoms with Gasteiger partial charge in [0.1, 0.15) is 5.60 Å². The van der Waals surface area contributed by atoms with E-state index in [1.807, 2.05) is 58.0 Å². The zero-order valence-electron chi connectivity index (χ0n) is 11.3. The molecule has 0 saturated carbocycles. The van der Waals surface area contributed by atoms with Crippen LogP contribution >= 0.6 is 0 Å². The van der Waals surface area contributed by atoms with Gasteiger partial charge in [-0.15, -0.1) is 0 Å². The Balaban J connectivity index is 2.91. The maximum Gasteiger partial charge on any atom is 0.126 e. The quantitative estimate of drug-likeness (QED) is 0.624. The van der Waals surface area contributed by atoms with Crippen molar-refractivity contribution in [2.24, 2.45) is 5.10 Å². The van der Waals surface area contributed by atoms with Crippen molar-refractivity contribution < 1.29 is 5.11 Å². The molecule has 0 spiro atoms. The number of rotatable bonds is 3. The Labute approximate surface area is 104 Å². The number of nitrogens with one attached hydrogen (secondary N) is 1. The van der Waals surface area contributed by atoms with Crippen LogP contribution in [0.15, 0.2) is 35.4 Å². The summed E-state index contributed by atoms with van der Waals surface area (Å²) in [6, 6.07) is 9.55. The first-order chi connectivity index (χ1) is 7.73. The van der Waals surface area contributed by atoms with Gasteiger partial charge in [-0.05, 0) is 40.2 Å². The molecule has 0 aliphatic carbocycles. The van der Waals surface area contributed by atoms with Crippen molar-refractivity contribution in [3.63, 3.8) is 0 Å². The first-order valence-electron chi connectivity index (χ1n) is 5.83. The molecule has 0 radical (unpaired) electrons. The van der Waals surface area contributed by atoms with Gasteiger partial charge >= 0.3 is 0 Å². The molecule has 2 N–H and O–H groups in total. The van der Waals surface area contributed by atoms with Gasteiger partial charge in [-0.2, -0.15) is 5.10 Å². The van der Waals surface area contributed by atoms with Gasteiger partial charge in [0.25, 0.3) is 0 Å². The van der Waals surface area contributed by atoms with Crippen molar-refractivity contribution in [1.82, 2.24) is 5.43 Å². The second kappa shape index (κ2) is 4.88. The van der Waals surface area contributed by atoms with Gasteiger partial charge in [0.2, 0.25) is 0 Å². The number of hydrogen-bond acceptors (Lipinski definition) is 3. The molecule has 3 nitrogen and oxygen atoms in total. The van der Waals surface area contributed by atoms with Gasteiger partial charge in [-0.3, -0.25) is 0 Å². The third-order valence-electron chi connectivity index (χ3n) is 2.60. The van der Waals surface area contributed by atoms with E-state index in [-0.39, 0.29) is 5.54 Å². The van der Waals surface area contributed by atoms with Crippen LogP contribution in [0, 0.1) is 0 Å². The smallest absolute Gasteiger partial charge is 0.126 e. The number of benzene rings is 1. The van der Waals surface area contributed by atoms with Crippen molar-refractivity contribution >= 4 is 5.71 Å². The van der Waals surface area contributed by atoms with Crippen LogP contribution in [-0.2, 0) is 5.60 Å². The Bertz CT molecular complexity index is 388. The first kappa shape index (κ1) is 13.7. The minimum Gasteiger partial charge on any atom is -0.379 e. The zero-order chi connectivity index (χ0) is 13.1. The minimum atomic E-state index is -1.04. The summed E-state index contributed by atoms with van der Waals surface area (Å²) >= 11 is 0. The molecule has 1 rings (SSSR count). The van der Waals surface area contributed by atoms with Crippen LogP contribution in [0.3, 0.4) is 0 Å². The molecule has 94 valence electrons. The molecule has 0 aliphatic rings. The van der Waals surface area contributed by atoms with E-state index in [1.54, 1.807) is 6.92 Å². The van der Waals surface area contributed by atoms with Crippen LogP contribution in [-0.4, -0.2) is 16.4 Å². The highest BCUT2D eigenvalue weighted by molar-refractivity contribution is 5.90. The Morgan fingerprint density at radius 3 is 2.12 bits per heavy atom. The summed E-state index contributed by atoms with van der Waals surface area (Å²) in [5, 5.41) is 14.7. The van der Waals surface area contributed by atoms with Crippen molar-refractivity contribution in [1.29, 1.82) is 0 Å². The van der Waals surface area contributed by atoms with E-state index in [4.69, 9.17) is 0 Å². The summed E-state index contributed by atoms with van der Waals surface area (Å²) in [6.45, 7) is 9.67. The number of hydrazone groups is 1. The van der Waals surface area contributed by atoms with Crippen molar-refractivity contribution in [3.8, 4) is 0 Å². The van der Waals surface area contributed by atoms with Gasteiger partial charge in [0.15, 0.2) is 0 Å². The Kier molecular flexibility index (Phi) is 3.94. The number of aliphatic hydroxyl groups is 1. The largest absolute Gasteiger partial charge is 0.379 e. The van der Waals surface area contributed by atoms with E-state index in [2.05, 4.69) is 10.5 Å². The molecule has 0 heterocycles. The fourth-order valence-corrected chi connectivity index (χ4v) is 1.33. The van der Waals surface area contributed by atoms with Gasteiger partial charge in [-0.1, -0.05) is 30.3 Å². The van der Waals surface area contributed by atoms with E-state index in [9.17, 15) is 5.11 Å². The van der Waals surface area contributed by atoms with Crippen LogP contribution in [0.25, 0.3) is 0 Å². The van der Waals surface area contributed by atoms with Crippen molar-refractivity contribution in [3.05, 3.63) is 35.9 Å². The molecule has 0 aromatic heterocycles. The van der Waals surface area contributed by atoms with E-state index >= 15 is 0 Å². The van der Waals surface area contributed by atoms with Crippen LogP contribution in [0.1, 0.15) is 40.2 Å². The van der Waals surface area contributed by atoms with Gasteiger partial charge in [0, 0.05) is 5.54 Å². The first-order valence-corrected chi connectivity index (χ1v) is 5.83. The average molecular weight is 234 g/mol. The third kappa shape index (κ3) is 3.86. The maximum atomic E-state index is 10.5. The SMILES string of the molecule is C/C(=N/NC(C)(C)C)C(C)(O)c1ccccc1. The van der Waals surface area contributed by atoms with Gasteiger partial charge in [-0.25, -0.2) is 0 Å². The maximum absolute atomic E-state index is 10.5. The predicted octanol–water partition coefficient (Wildman–Crippen LogP) is 2.66. The highest BCUT2D eigenvalue weighted by Gasteiger charge is 2.27. The second-order valence-electron chi connectivity index (χ2n) is 5.50. The fraction of sp³-hybridized carbons (Fsp3) is 0.500. The van der Waals surface area contributed by atoms with Crippen LogP contribution in [0.2, 0.25) is 0 Å². The van der Waals surface area contributed by atoms with Crippen LogP contribution in [0.5, 0.6) is 0 Å². The average Bonchev–Trinajstić information content (AvgIpc) is 2.26.